The molecule has 5 nitrogen and oxygen atoms in total. The molecule has 0 radical (unpaired) electrons. The summed E-state index contributed by atoms with van der Waals surface area (Å²) in [6.45, 7) is 5.56. The van der Waals surface area contributed by atoms with E-state index in [0.717, 1.165) is 25.7 Å². The predicted molar refractivity (Wildman–Crippen MR) is 66.4 cm³/mol. The van der Waals surface area contributed by atoms with Gasteiger partial charge in [-0.25, -0.2) is 0 Å². The summed E-state index contributed by atoms with van der Waals surface area (Å²) in [4.78, 5) is 5.49. The maximum atomic E-state index is 9.25. The van der Waals surface area contributed by atoms with E-state index >= 15 is 0 Å². The van der Waals surface area contributed by atoms with E-state index in [4.69, 9.17) is 14.7 Å². The van der Waals surface area contributed by atoms with Crippen LogP contribution in [0.15, 0.2) is 0 Å². The first-order chi connectivity index (χ1) is 8.29. The lowest BCUT2D eigenvalue weighted by Crippen LogP contribution is -2.42. The third kappa shape index (κ3) is 8.51. The molecule has 17 heavy (non-hydrogen) atoms. The van der Waals surface area contributed by atoms with Gasteiger partial charge in [-0.1, -0.05) is 26.7 Å². The molecule has 5 heteroatoms. The van der Waals surface area contributed by atoms with Crippen molar-refractivity contribution in [2.75, 3.05) is 33.0 Å². The highest BCUT2D eigenvalue weighted by Gasteiger charge is 2.18. The van der Waals surface area contributed by atoms with Gasteiger partial charge < -0.3 is 14.9 Å². The number of aliphatic hydroxyl groups excluding tert-OH is 2. The Bertz CT molecular complexity index is 157. The Hall–Kier alpha value is -0.200. The molecule has 0 bridgehead atoms. The number of hydrogen-bond acceptors (Lipinski definition) is 5. The van der Waals surface area contributed by atoms with E-state index in [1.54, 1.807) is 0 Å². The van der Waals surface area contributed by atoms with E-state index in [1.807, 2.05) is 0 Å². The first kappa shape index (κ1) is 16.8. The van der Waals surface area contributed by atoms with Crippen LogP contribution >= 0.6 is 0 Å². The Morgan fingerprint density at radius 3 is 2.24 bits per heavy atom. The summed E-state index contributed by atoms with van der Waals surface area (Å²) in [5.41, 5.74) is 0. The fraction of sp³-hybridized carbons (Fsp3) is 1.00. The van der Waals surface area contributed by atoms with Crippen molar-refractivity contribution in [3.8, 4) is 0 Å². The van der Waals surface area contributed by atoms with Gasteiger partial charge in [-0.05, 0) is 12.8 Å². The zero-order valence-electron chi connectivity index (χ0n) is 11.1. The van der Waals surface area contributed by atoms with Crippen LogP contribution in [0.3, 0.4) is 0 Å². The predicted octanol–water partition coefficient (Wildman–Crippen LogP) is 1.15. The quantitative estimate of drug-likeness (QED) is 0.309. The first-order valence-corrected chi connectivity index (χ1v) is 6.52. The van der Waals surface area contributed by atoms with Crippen molar-refractivity contribution in [1.29, 1.82) is 0 Å². The summed E-state index contributed by atoms with van der Waals surface area (Å²) in [7, 11) is 0. The highest BCUT2D eigenvalue weighted by atomic mass is 16.7. The molecular formula is C12H27NO4. The average Bonchev–Trinajstić information content (AvgIpc) is 2.34. The lowest BCUT2D eigenvalue weighted by Gasteiger charge is -2.28. The largest absolute Gasteiger partial charge is 0.395 e. The van der Waals surface area contributed by atoms with Crippen LogP contribution in [-0.4, -0.2) is 54.5 Å². The van der Waals surface area contributed by atoms with E-state index < -0.39 is 6.23 Å². The Labute approximate surface area is 104 Å². The molecule has 0 aromatic carbocycles. The van der Waals surface area contributed by atoms with Gasteiger partial charge in [0.2, 0.25) is 0 Å². The number of ether oxygens (including phenoxy) is 1. The maximum absolute atomic E-state index is 9.25. The second kappa shape index (κ2) is 12.3. The molecule has 1 unspecified atom stereocenters. The van der Waals surface area contributed by atoms with Crippen LogP contribution < -0.4 is 0 Å². The molecule has 0 aliphatic carbocycles. The molecule has 0 amide bonds. The van der Waals surface area contributed by atoms with Gasteiger partial charge in [0, 0.05) is 6.61 Å². The molecule has 0 aromatic heterocycles. The van der Waals surface area contributed by atoms with Crippen LogP contribution in [0.25, 0.3) is 0 Å². The van der Waals surface area contributed by atoms with Gasteiger partial charge in [0.15, 0.2) is 6.23 Å². The Balaban J connectivity index is 4.00. The van der Waals surface area contributed by atoms with Gasteiger partial charge >= 0.3 is 0 Å². The average molecular weight is 249 g/mol. The molecule has 104 valence electrons. The molecule has 0 spiro atoms. The standard InChI is InChI=1S/C12H27NO4/c1-3-5-9-16-12(11-15)13(7-8-14)17-10-6-4-2/h12,14-15H,3-11H2,1-2H3. The van der Waals surface area contributed by atoms with Gasteiger partial charge in [0.25, 0.3) is 0 Å². The molecule has 1 atom stereocenters. The fourth-order valence-electron chi connectivity index (χ4n) is 1.31. The van der Waals surface area contributed by atoms with E-state index in [9.17, 15) is 5.11 Å². The lowest BCUT2D eigenvalue weighted by atomic mass is 10.4. The second-order valence-corrected chi connectivity index (χ2v) is 3.91. The summed E-state index contributed by atoms with van der Waals surface area (Å²) < 4.78 is 5.52. The molecule has 0 saturated carbocycles. The highest BCUT2D eigenvalue weighted by Crippen LogP contribution is 2.05. The number of unbranched alkanes of at least 4 members (excludes halogenated alkanes) is 2. The highest BCUT2D eigenvalue weighted by molar-refractivity contribution is 4.53. The van der Waals surface area contributed by atoms with E-state index in [-0.39, 0.29) is 13.2 Å². The summed E-state index contributed by atoms with van der Waals surface area (Å²) >= 11 is 0. The third-order valence-electron chi connectivity index (χ3n) is 2.36. The molecular weight excluding hydrogens is 222 g/mol. The molecule has 2 N–H and O–H groups in total. The Morgan fingerprint density at radius 1 is 1.06 bits per heavy atom. The molecule has 0 fully saturated rings. The number of hydrogen-bond donors (Lipinski definition) is 2. The third-order valence-corrected chi connectivity index (χ3v) is 2.36. The summed E-state index contributed by atoms with van der Waals surface area (Å²) in [6.07, 6.45) is 3.53. The Morgan fingerprint density at radius 2 is 1.71 bits per heavy atom. The summed E-state index contributed by atoms with van der Waals surface area (Å²) in [5, 5.41) is 19.7. The van der Waals surface area contributed by atoms with Crippen molar-refractivity contribution in [1.82, 2.24) is 5.06 Å². The molecule has 0 heterocycles. The van der Waals surface area contributed by atoms with Crippen LogP contribution in [0.1, 0.15) is 39.5 Å². The van der Waals surface area contributed by atoms with Crippen LogP contribution in [0, 0.1) is 0 Å². The van der Waals surface area contributed by atoms with Crippen LogP contribution in [0.2, 0.25) is 0 Å². The van der Waals surface area contributed by atoms with Crippen molar-refractivity contribution in [2.24, 2.45) is 0 Å². The van der Waals surface area contributed by atoms with E-state index in [0.29, 0.717) is 19.8 Å². The zero-order chi connectivity index (χ0) is 12.9. The molecule has 0 aliphatic heterocycles. The molecule has 0 rings (SSSR count). The summed E-state index contributed by atoms with van der Waals surface area (Å²) in [6, 6.07) is 0. The monoisotopic (exact) mass is 249 g/mol. The normalized spacial score (nSPS) is 13.2. The van der Waals surface area contributed by atoms with Crippen LogP contribution in [0.4, 0.5) is 0 Å². The minimum absolute atomic E-state index is 0.0141. The number of nitrogens with zero attached hydrogens (tertiary/aromatic N) is 1. The molecule has 0 aliphatic rings. The van der Waals surface area contributed by atoms with Crippen LogP contribution in [0.5, 0.6) is 0 Å². The second-order valence-electron chi connectivity index (χ2n) is 3.91. The smallest absolute Gasteiger partial charge is 0.156 e. The van der Waals surface area contributed by atoms with Crippen molar-refractivity contribution >= 4 is 0 Å². The zero-order valence-corrected chi connectivity index (χ0v) is 11.1. The van der Waals surface area contributed by atoms with Crippen molar-refractivity contribution in [2.45, 2.75) is 45.8 Å². The van der Waals surface area contributed by atoms with Gasteiger partial charge in [0.1, 0.15) is 0 Å². The Kier molecular flexibility index (Phi) is 12.1. The first-order valence-electron chi connectivity index (χ1n) is 6.52. The topological polar surface area (TPSA) is 62.2 Å². The maximum Gasteiger partial charge on any atom is 0.156 e. The molecule has 0 aromatic rings. The van der Waals surface area contributed by atoms with Gasteiger partial charge in [-0.2, -0.15) is 5.06 Å². The van der Waals surface area contributed by atoms with Gasteiger partial charge in [-0.3, -0.25) is 4.84 Å². The van der Waals surface area contributed by atoms with Crippen molar-refractivity contribution in [3.63, 3.8) is 0 Å². The van der Waals surface area contributed by atoms with E-state index in [1.165, 1.54) is 5.06 Å². The minimum atomic E-state index is -0.481. The van der Waals surface area contributed by atoms with Crippen molar-refractivity contribution < 1.29 is 19.8 Å². The minimum Gasteiger partial charge on any atom is -0.395 e. The number of rotatable bonds is 12. The van der Waals surface area contributed by atoms with Gasteiger partial charge in [-0.15, -0.1) is 0 Å². The fourth-order valence-corrected chi connectivity index (χ4v) is 1.31. The van der Waals surface area contributed by atoms with Gasteiger partial charge in [0.05, 0.1) is 26.4 Å². The number of aliphatic hydroxyl groups is 2. The summed E-state index contributed by atoms with van der Waals surface area (Å²) in [5.74, 6) is 0. The SMILES string of the molecule is CCCCOC(CO)N(CCO)OCCCC. The number of hydroxylamine groups is 2. The van der Waals surface area contributed by atoms with E-state index in [2.05, 4.69) is 13.8 Å². The molecule has 0 saturated heterocycles. The van der Waals surface area contributed by atoms with Crippen molar-refractivity contribution in [3.05, 3.63) is 0 Å². The lowest BCUT2D eigenvalue weighted by molar-refractivity contribution is -0.264. The van der Waals surface area contributed by atoms with Crippen LogP contribution in [-0.2, 0) is 9.57 Å².